The highest BCUT2D eigenvalue weighted by Crippen LogP contribution is 2.38. The Labute approximate surface area is 111 Å². The van der Waals surface area contributed by atoms with Crippen LogP contribution in [0.1, 0.15) is 25.1 Å². The molecule has 4 nitrogen and oxygen atoms in total. The van der Waals surface area contributed by atoms with Gasteiger partial charge in [-0.3, -0.25) is 0 Å². The number of aromatic nitrogens is 2. The van der Waals surface area contributed by atoms with Gasteiger partial charge in [0.25, 0.3) is 0 Å². The van der Waals surface area contributed by atoms with E-state index >= 15 is 0 Å². The molecule has 0 bridgehead atoms. The number of aryl methyl sites for hydroxylation is 1. The van der Waals surface area contributed by atoms with Gasteiger partial charge in [-0.05, 0) is 30.7 Å². The van der Waals surface area contributed by atoms with Gasteiger partial charge in [-0.1, -0.05) is 13.8 Å². The van der Waals surface area contributed by atoms with Crippen molar-refractivity contribution in [3.05, 3.63) is 10.9 Å². The van der Waals surface area contributed by atoms with Crippen LogP contribution >= 0.6 is 11.3 Å². The monoisotopic (exact) mass is 262 g/mol. The quantitative estimate of drug-likeness (QED) is 0.889. The zero-order chi connectivity index (χ0) is 12.7. The second kappa shape index (κ2) is 4.39. The Morgan fingerprint density at radius 1 is 1.50 bits per heavy atom. The fourth-order valence-electron chi connectivity index (χ4n) is 2.21. The number of nitrogens with one attached hydrogen (secondary N) is 1. The van der Waals surface area contributed by atoms with Crippen LogP contribution in [0.15, 0.2) is 6.07 Å². The lowest BCUT2D eigenvalue weighted by Crippen LogP contribution is -2.08. The van der Waals surface area contributed by atoms with Crippen molar-refractivity contribution in [2.24, 2.45) is 11.8 Å². The van der Waals surface area contributed by atoms with E-state index in [-0.39, 0.29) is 0 Å². The first-order valence-corrected chi connectivity index (χ1v) is 7.28. The van der Waals surface area contributed by atoms with Gasteiger partial charge < -0.3 is 11.1 Å². The molecule has 3 N–H and O–H groups in total. The van der Waals surface area contributed by atoms with Crippen LogP contribution in [0.25, 0.3) is 10.2 Å². The van der Waals surface area contributed by atoms with Crippen molar-refractivity contribution in [1.29, 1.82) is 0 Å². The average Bonchev–Trinajstić information content (AvgIpc) is 2.88. The molecule has 0 aliphatic heterocycles. The Bertz CT molecular complexity index is 578. The summed E-state index contributed by atoms with van der Waals surface area (Å²) in [5.41, 5.74) is 5.77. The molecule has 2 aromatic rings. The first kappa shape index (κ1) is 11.7. The maximum absolute atomic E-state index is 5.77. The number of nitrogen functional groups attached to an aromatic ring is 1. The van der Waals surface area contributed by atoms with Gasteiger partial charge in [0, 0.05) is 11.4 Å². The summed E-state index contributed by atoms with van der Waals surface area (Å²) in [6, 6.07) is 2.18. The Morgan fingerprint density at radius 3 is 2.94 bits per heavy atom. The van der Waals surface area contributed by atoms with Crippen molar-refractivity contribution in [3.8, 4) is 0 Å². The largest absolute Gasteiger partial charge is 0.369 e. The van der Waals surface area contributed by atoms with Crippen LogP contribution in [0.4, 0.5) is 11.8 Å². The molecule has 0 aromatic carbocycles. The molecule has 1 aliphatic carbocycles. The number of thiophene rings is 1. The molecule has 1 fully saturated rings. The van der Waals surface area contributed by atoms with E-state index in [0.29, 0.717) is 5.95 Å². The normalized spacial score (nSPS) is 22.3. The fraction of sp³-hybridized carbons (Fsp3) is 0.538. The molecule has 0 amide bonds. The molecular formula is C13H18N4S. The molecule has 1 saturated carbocycles. The van der Waals surface area contributed by atoms with Gasteiger partial charge in [0.2, 0.25) is 5.95 Å². The molecule has 0 spiro atoms. The summed E-state index contributed by atoms with van der Waals surface area (Å²) in [6.07, 6.45) is 2.35. The van der Waals surface area contributed by atoms with Crippen molar-refractivity contribution < 1.29 is 0 Å². The number of fused-ring (bicyclic) bond motifs is 1. The minimum Gasteiger partial charge on any atom is -0.369 e. The molecule has 1 aliphatic rings. The first-order valence-electron chi connectivity index (χ1n) is 6.47. The Hall–Kier alpha value is -1.36. The summed E-state index contributed by atoms with van der Waals surface area (Å²) >= 11 is 1.70. The maximum Gasteiger partial charge on any atom is 0.223 e. The van der Waals surface area contributed by atoms with Gasteiger partial charge in [-0.15, -0.1) is 11.3 Å². The summed E-state index contributed by atoms with van der Waals surface area (Å²) in [4.78, 5) is 11.0. The first-order chi connectivity index (χ1) is 8.67. The lowest BCUT2D eigenvalue weighted by Gasteiger charge is -2.06. The van der Waals surface area contributed by atoms with Crippen LogP contribution in [0.3, 0.4) is 0 Å². The summed E-state index contributed by atoms with van der Waals surface area (Å²) in [5.74, 6) is 2.90. The van der Waals surface area contributed by atoms with Crippen LogP contribution in [-0.2, 0) is 6.42 Å². The summed E-state index contributed by atoms with van der Waals surface area (Å²) in [5, 5.41) is 4.54. The molecule has 2 atom stereocenters. The number of anilines is 2. The van der Waals surface area contributed by atoms with Crippen molar-refractivity contribution in [2.75, 3.05) is 17.6 Å². The third-order valence-corrected chi connectivity index (χ3v) is 4.79. The van der Waals surface area contributed by atoms with Crippen LogP contribution < -0.4 is 11.1 Å². The molecule has 5 heteroatoms. The molecule has 0 radical (unpaired) electrons. The smallest absolute Gasteiger partial charge is 0.223 e. The minimum absolute atomic E-state index is 0.360. The van der Waals surface area contributed by atoms with E-state index < -0.39 is 0 Å². The molecule has 2 unspecified atom stereocenters. The van der Waals surface area contributed by atoms with Crippen molar-refractivity contribution in [3.63, 3.8) is 0 Å². The minimum atomic E-state index is 0.360. The second-order valence-electron chi connectivity index (χ2n) is 5.07. The predicted molar refractivity (Wildman–Crippen MR) is 77.0 cm³/mol. The third kappa shape index (κ3) is 2.14. The third-order valence-electron chi connectivity index (χ3n) is 3.62. The Kier molecular flexibility index (Phi) is 2.86. The van der Waals surface area contributed by atoms with E-state index in [9.17, 15) is 0 Å². The second-order valence-corrected chi connectivity index (χ2v) is 6.18. The Balaban J connectivity index is 1.90. The topological polar surface area (TPSA) is 63.8 Å². The zero-order valence-corrected chi connectivity index (χ0v) is 11.5. The molecular weight excluding hydrogens is 244 g/mol. The zero-order valence-electron chi connectivity index (χ0n) is 10.7. The van der Waals surface area contributed by atoms with E-state index in [4.69, 9.17) is 5.73 Å². The number of nitrogens with two attached hydrogens (primary N) is 1. The van der Waals surface area contributed by atoms with Gasteiger partial charge >= 0.3 is 0 Å². The molecule has 2 heterocycles. The predicted octanol–water partition coefficient (Wildman–Crippen LogP) is 2.90. The molecule has 18 heavy (non-hydrogen) atoms. The van der Waals surface area contributed by atoms with E-state index in [2.05, 4.69) is 35.2 Å². The highest BCUT2D eigenvalue weighted by Gasteiger charge is 2.32. The summed E-state index contributed by atoms with van der Waals surface area (Å²) in [6.45, 7) is 5.43. The van der Waals surface area contributed by atoms with Crippen molar-refractivity contribution in [2.45, 2.75) is 26.7 Å². The summed E-state index contributed by atoms with van der Waals surface area (Å²) < 4.78 is 0. The number of hydrogen-bond acceptors (Lipinski definition) is 5. The lowest BCUT2D eigenvalue weighted by molar-refractivity contribution is 0.785. The van der Waals surface area contributed by atoms with Crippen LogP contribution in [-0.4, -0.2) is 16.5 Å². The molecule has 0 saturated heterocycles. The average molecular weight is 262 g/mol. The fourth-order valence-corrected chi connectivity index (χ4v) is 3.18. The van der Waals surface area contributed by atoms with Crippen LogP contribution in [0.2, 0.25) is 0 Å². The molecule has 3 rings (SSSR count). The number of nitrogens with zero attached hydrogens (tertiary/aromatic N) is 2. The van der Waals surface area contributed by atoms with E-state index in [1.807, 2.05) is 0 Å². The molecule has 96 valence electrons. The van der Waals surface area contributed by atoms with E-state index in [0.717, 1.165) is 40.8 Å². The van der Waals surface area contributed by atoms with Gasteiger partial charge in [0.1, 0.15) is 10.6 Å². The van der Waals surface area contributed by atoms with Crippen LogP contribution in [0, 0.1) is 11.8 Å². The van der Waals surface area contributed by atoms with Gasteiger partial charge in [-0.25, -0.2) is 4.98 Å². The van der Waals surface area contributed by atoms with Gasteiger partial charge in [0.05, 0.1) is 5.39 Å². The number of hydrogen-bond donors (Lipinski definition) is 2. The standard InChI is InChI=1S/C13H18N4S/c1-3-9-5-10-11(15-6-8-4-7(8)2)16-13(14)17-12(10)18-9/h5,7-8H,3-4,6H2,1-2H3,(H3,14,15,16,17). The van der Waals surface area contributed by atoms with Crippen LogP contribution in [0.5, 0.6) is 0 Å². The highest BCUT2D eigenvalue weighted by molar-refractivity contribution is 7.18. The lowest BCUT2D eigenvalue weighted by atomic mass is 10.3. The Morgan fingerprint density at radius 2 is 2.28 bits per heavy atom. The van der Waals surface area contributed by atoms with Crippen molar-refractivity contribution >= 4 is 33.3 Å². The van der Waals surface area contributed by atoms with Gasteiger partial charge in [-0.2, -0.15) is 4.98 Å². The summed E-state index contributed by atoms with van der Waals surface area (Å²) in [7, 11) is 0. The molecule has 2 aromatic heterocycles. The highest BCUT2D eigenvalue weighted by atomic mass is 32.1. The van der Waals surface area contributed by atoms with Crippen molar-refractivity contribution in [1.82, 2.24) is 9.97 Å². The van der Waals surface area contributed by atoms with Gasteiger partial charge in [0.15, 0.2) is 0 Å². The van der Waals surface area contributed by atoms with E-state index in [1.165, 1.54) is 11.3 Å². The SMILES string of the molecule is CCc1cc2c(NCC3CC3C)nc(N)nc2s1. The van der Waals surface area contributed by atoms with E-state index in [1.54, 1.807) is 11.3 Å². The number of rotatable bonds is 4. The maximum atomic E-state index is 5.77.